The molecule has 1 aliphatic heterocycles. The van der Waals surface area contributed by atoms with Gasteiger partial charge in [0.25, 0.3) is 0 Å². The van der Waals surface area contributed by atoms with Crippen molar-refractivity contribution >= 4 is 29.0 Å². The van der Waals surface area contributed by atoms with E-state index in [2.05, 4.69) is 15.8 Å². The Morgan fingerprint density at radius 2 is 2.07 bits per heavy atom. The van der Waals surface area contributed by atoms with Crippen LogP contribution < -0.4 is 20.2 Å². The Morgan fingerprint density at radius 3 is 2.86 bits per heavy atom. The standard InChI is InChI=1S/C19H21N3O5S/c1-11(15-8-14(27-12(15)2)4-6-18(23)24)21-22-19(28)20-9-13-3-5-16-17(7-13)26-10-25-16/h3,5,7-8H,4,6,9-10H2,1-2H3,(H,23,24)(H2,20,22,28)/b21-11-. The number of carboxylic acids is 1. The molecule has 9 heteroatoms. The van der Waals surface area contributed by atoms with E-state index in [0.29, 0.717) is 35.3 Å². The van der Waals surface area contributed by atoms with Gasteiger partial charge in [0, 0.05) is 18.5 Å². The lowest BCUT2D eigenvalue weighted by Gasteiger charge is -2.08. The zero-order valence-corrected chi connectivity index (χ0v) is 16.4. The normalized spacial score (nSPS) is 12.7. The number of aliphatic carboxylic acids is 1. The van der Waals surface area contributed by atoms with Crippen LogP contribution in [0.3, 0.4) is 0 Å². The third-order valence-corrected chi connectivity index (χ3v) is 4.39. The van der Waals surface area contributed by atoms with Crippen molar-refractivity contribution in [2.45, 2.75) is 33.2 Å². The predicted molar refractivity (Wildman–Crippen MR) is 107 cm³/mol. The topological polar surface area (TPSA) is 105 Å². The van der Waals surface area contributed by atoms with Crippen LogP contribution in [0, 0.1) is 6.92 Å². The van der Waals surface area contributed by atoms with Crippen molar-refractivity contribution in [3.05, 3.63) is 46.9 Å². The van der Waals surface area contributed by atoms with Crippen LogP contribution in [0.2, 0.25) is 0 Å². The molecule has 0 aliphatic carbocycles. The van der Waals surface area contributed by atoms with Gasteiger partial charge in [-0.3, -0.25) is 10.2 Å². The molecule has 1 aromatic heterocycles. The molecule has 0 fully saturated rings. The predicted octanol–water partition coefficient (Wildman–Crippen LogP) is 2.72. The second-order valence-electron chi connectivity index (χ2n) is 6.26. The summed E-state index contributed by atoms with van der Waals surface area (Å²) < 4.78 is 16.2. The smallest absolute Gasteiger partial charge is 0.303 e. The van der Waals surface area contributed by atoms with Crippen LogP contribution in [-0.4, -0.2) is 28.7 Å². The van der Waals surface area contributed by atoms with E-state index in [9.17, 15) is 4.79 Å². The third-order valence-electron chi connectivity index (χ3n) is 4.16. The molecule has 28 heavy (non-hydrogen) atoms. The molecule has 0 atom stereocenters. The summed E-state index contributed by atoms with van der Waals surface area (Å²) in [6.45, 7) is 4.40. The van der Waals surface area contributed by atoms with E-state index in [1.165, 1.54) is 0 Å². The van der Waals surface area contributed by atoms with Gasteiger partial charge in [-0.15, -0.1) is 0 Å². The molecule has 1 aliphatic rings. The maximum atomic E-state index is 10.7. The molecule has 0 saturated carbocycles. The second kappa shape index (κ2) is 8.75. The van der Waals surface area contributed by atoms with Crippen molar-refractivity contribution in [1.29, 1.82) is 0 Å². The van der Waals surface area contributed by atoms with Crippen molar-refractivity contribution in [3.8, 4) is 11.5 Å². The summed E-state index contributed by atoms with van der Waals surface area (Å²) in [6.07, 6.45) is 0.362. The summed E-state index contributed by atoms with van der Waals surface area (Å²) in [7, 11) is 0. The number of thiocarbonyl (C=S) groups is 1. The van der Waals surface area contributed by atoms with Crippen LogP contribution in [0.15, 0.2) is 33.8 Å². The fourth-order valence-corrected chi connectivity index (χ4v) is 2.84. The zero-order valence-electron chi connectivity index (χ0n) is 15.6. The van der Waals surface area contributed by atoms with Crippen LogP contribution in [0.4, 0.5) is 0 Å². The lowest BCUT2D eigenvalue weighted by atomic mass is 10.1. The first kappa shape index (κ1) is 19.7. The Labute approximate surface area is 167 Å². The Hall–Kier alpha value is -3.07. The quantitative estimate of drug-likeness (QED) is 0.368. The molecule has 3 rings (SSSR count). The Balaban J connectivity index is 1.52. The summed E-state index contributed by atoms with van der Waals surface area (Å²) in [5.74, 6) is 1.90. The number of nitrogens with one attached hydrogen (secondary N) is 2. The molecule has 0 saturated heterocycles. The van der Waals surface area contributed by atoms with Crippen molar-refractivity contribution in [2.24, 2.45) is 5.10 Å². The lowest BCUT2D eigenvalue weighted by Crippen LogP contribution is -2.32. The lowest BCUT2D eigenvalue weighted by molar-refractivity contribution is -0.137. The van der Waals surface area contributed by atoms with Gasteiger partial charge in [0.2, 0.25) is 6.79 Å². The Morgan fingerprint density at radius 1 is 1.29 bits per heavy atom. The van der Waals surface area contributed by atoms with Gasteiger partial charge in [-0.05, 0) is 49.8 Å². The van der Waals surface area contributed by atoms with Crippen molar-refractivity contribution < 1.29 is 23.8 Å². The number of hydrazone groups is 1. The number of carboxylic acid groups (broad SMARTS) is 1. The molecular weight excluding hydrogens is 382 g/mol. The second-order valence-corrected chi connectivity index (χ2v) is 6.66. The number of furan rings is 1. The molecule has 0 spiro atoms. The first-order chi connectivity index (χ1) is 13.4. The summed E-state index contributed by atoms with van der Waals surface area (Å²) in [6, 6.07) is 7.51. The van der Waals surface area contributed by atoms with E-state index in [1.807, 2.05) is 38.1 Å². The van der Waals surface area contributed by atoms with E-state index < -0.39 is 5.97 Å². The van der Waals surface area contributed by atoms with E-state index in [-0.39, 0.29) is 13.2 Å². The van der Waals surface area contributed by atoms with Crippen LogP contribution in [0.5, 0.6) is 11.5 Å². The molecule has 0 bridgehead atoms. The van der Waals surface area contributed by atoms with Gasteiger partial charge < -0.3 is 24.3 Å². The third kappa shape index (κ3) is 5.01. The van der Waals surface area contributed by atoms with Gasteiger partial charge in [-0.1, -0.05) is 6.07 Å². The molecule has 8 nitrogen and oxygen atoms in total. The van der Waals surface area contributed by atoms with E-state index in [4.69, 9.17) is 31.2 Å². The Bertz CT molecular complexity index is 922. The minimum Gasteiger partial charge on any atom is -0.481 e. The van der Waals surface area contributed by atoms with Gasteiger partial charge in [-0.2, -0.15) is 5.10 Å². The molecular formula is C19H21N3O5S. The molecule has 0 amide bonds. The van der Waals surface area contributed by atoms with Gasteiger partial charge in [0.05, 0.1) is 12.1 Å². The summed E-state index contributed by atoms with van der Waals surface area (Å²) in [5, 5.41) is 16.5. The number of nitrogens with zero attached hydrogens (tertiary/aromatic N) is 1. The van der Waals surface area contributed by atoms with Gasteiger partial charge in [0.15, 0.2) is 16.6 Å². The number of hydrogen-bond acceptors (Lipinski definition) is 6. The highest BCUT2D eigenvalue weighted by Gasteiger charge is 2.13. The molecule has 3 N–H and O–H groups in total. The van der Waals surface area contributed by atoms with Gasteiger partial charge in [0.1, 0.15) is 11.5 Å². The average Bonchev–Trinajstić information content (AvgIpc) is 3.28. The number of carbonyl (C=O) groups is 1. The summed E-state index contributed by atoms with van der Waals surface area (Å²) in [5.41, 5.74) is 5.31. The molecule has 2 heterocycles. The highest BCUT2D eigenvalue weighted by molar-refractivity contribution is 7.80. The van der Waals surface area contributed by atoms with Gasteiger partial charge in [-0.25, -0.2) is 0 Å². The number of benzene rings is 1. The van der Waals surface area contributed by atoms with Crippen molar-refractivity contribution in [3.63, 3.8) is 0 Å². The molecule has 0 radical (unpaired) electrons. The molecule has 2 aromatic rings. The Kier molecular flexibility index (Phi) is 6.15. The fourth-order valence-electron chi connectivity index (χ4n) is 2.72. The summed E-state index contributed by atoms with van der Waals surface area (Å²) in [4.78, 5) is 10.7. The number of aryl methyl sites for hydroxylation is 2. The number of hydrogen-bond donors (Lipinski definition) is 3. The van der Waals surface area contributed by atoms with Gasteiger partial charge >= 0.3 is 5.97 Å². The minimum absolute atomic E-state index is 0.0225. The van der Waals surface area contributed by atoms with Crippen molar-refractivity contribution in [1.82, 2.24) is 10.7 Å². The summed E-state index contributed by atoms with van der Waals surface area (Å²) >= 11 is 5.26. The van der Waals surface area contributed by atoms with E-state index in [1.54, 1.807) is 0 Å². The largest absolute Gasteiger partial charge is 0.481 e. The number of ether oxygens (including phenoxy) is 2. The van der Waals surface area contributed by atoms with Crippen LogP contribution >= 0.6 is 12.2 Å². The monoisotopic (exact) mass is 403 g/mol. The number of rotatable bonds is 7. The highest BCUT2D eigenvalue weighted by Crippen LogP contribution is 2.32. The average molecular weight is 403 g/mol. The highest BCUT2D eigenvalue weighted by atomic mass is 32.1. The first-order valence-corrected chi connectivity index (χ1v) is 9.11. The van der Waals surface area contributed by atoms with E-state index in [0.717, 1.165) is 22.6 Å². The minimum atomic E-state index is -0.860. The van der Waals surface area contributed by atoms with Crippen LogP contribution in [0.1, 0.15) is 36.0 Å². The van der Waals surface area contributed by atoms with Crippen LogP contribution in [-0.2, 0) is 17.8 Å². The first-order valence-electron chi connectivity index (χ1n) is 8.70. The van der Waals surface area contributed by atoms with E-state index >= 15 is 0 Å². The maximum Gasteiger partial charge on any atom is 0.303 e. The molecule has 0 unspecified atom stereocenters. The zero-order chi connectivity index (χ0) is 20.1. The van der Waals surface area contributed by atoms with Crippen LogP contribution in [0.25, 0.3) is 0 Å². The SMILES string of the molecule is C/C(=N/NC(=S)NCc1ccc2c(c1)OCO2)c1cc(CCC(=O)O)oc1C. The fraction of sp³-hybridized carbons (Fsp3) is 0.316. The number of fused-ring (bicyclic) bond motifs is 1. The van der Waals surface area contributed by atoms with Crippen molar-refractivity contribution in [2.75, 3.05) is 6.79 Å². The molecule has 148 valence electrons. The maximum absolute atomic E-state index is 10.7. The molecule has 1 aromatic carbocycles.